The minimum Gasteiger partial charge on any atom is -0.493 e. The molecule has 4 rings (SSSR count). The fraction of sp³-hybridized carbons (Fsp3) is 0.273. The highest BCUT2D eigenvalue weighted by molar-refractivity contribution is 7.90. The molecular formula is C22H22N2O6S. The van der Waals surface area contributed by atoms with Crippen LogP contribution in [0.2, 0.25) is 0 Å². The maximum Gasteiger partial charge on any atom is 0.236 e. The summed E-state index contributed by atoms with van der Waals surface area (Å²) in [7, 11) is -0.173. The van der Waals surface area contributed by atoms with Crippen LogP contribution in [0.5, 0.6) is 11.5 Å². The average Bonchev–Trinajstić information content (AvgIpc) is 3.42. The Kier molecular flexibility index (Phi) is 5.22. The molecule has 0 atom stereocenters. The number of carbonyl (C=O) groups excluding carboxylic acids is 1. The third kappa shape index (κ3) is 4.00. The quantitative estimate of drug-likeness (QED) is 0.597. The van der Waals surface area contributed by atoms with Crippen LogP contribution in [-0.2, 0) is 20.0 Å². The summed E-state index contributed by atoms with van der Waals surface area (Å²) in [5.41, 5.74) is 1.08. The highest BCUT2D eigenvalue weighted by atomic mass is 32.2. The lowest BCUT2D eigenvalue weighted by Crippen LogP contribution is -2.28. The van der Waals surface area contributed by atoms with Crippen molar-refractivity contribution in [2.45, 2.75) is 23.2 Å². The Morgan fingerprint density at radius 1 is 1.03 bits per heavy atom. The summed E-state index contributed by atoms with van der Waals surface area (Å²) in [5, 5.41) is 7.00. The van der Waals surface area contributed by atoms with Crippen molar-refractivity contribution in [2.24, 2.45) is 0 Å². The molecule has 3 aromatic rings. The molecule has 1 saturated carbocycles. The van der Waals surface area contributed by atoms with Crippen molar-refractivity contribution in [2.75, 3.05) is 25.8 Å². The van der Waals surface area contributed by atoms with Gasteiger partial charge in [-0.05, 0) is 55.3 Å². The summed E-state index contributed by atoms with van der Waals surface area (Å²) in [6.07, 6.45) is 2.44. The number of aromatic nitrogens is 1. The zero-order valence-electron chi connectivity index (χ0n) is 17.3. The minimum atomic E-state index is -3.29. The Hall–Kier alpha value is -3.33. The van der Waals surface area contributed by atoms with Gasteiger partial charge in [0.1, 0.15) is 0 Å². The highest BCUT2D eigenvalue weighted by Crippen LogP contribution is 2.49. The third-order valence-corrected chi connectivity index (χ3v) is 6.52. The van der Waals surface area contributed by atoms with Crippen LogP contribution in [0.15, 0.2) is 57.9 Å². The molecule has 0 aliphatic heterocycles. The van der Waals surface area contributed by atoms with Gasteiger partial charge in [0.15, 0.2) is 27.1 Å². The van der Waals surface area contributed by atoms with Crippen LogP contribution in [0.3, 0.4) is 0 Å². The molecule has 162 valence electrons. The number of methoxy groups -OCH3 is 2. The van der Waals surface area contributed by atoms with E-state index in [1.54, 1.807) is 44.6 Å². The second-order valence-electron chi connectivity index (χ2n) is 7.48. The van der Waals surface area contributed by atoms with Crippen LogP contribution < -0.4 is 14.8 Å². The fourth-order valence-electron chi connectivity index (χ4n) is 3.39. The number of carbonyl (C=O) groups is 1. The molecule has 0 saturated heterocycles. The van der Waals surface area contributed by atoms with Crippen molar-refractivity contribution in [1.29, 1.82) is 0 Å². The smallest absolute Gasteiger partial charge is 0.236 e. The van der Waals surface area contributed by atoms with Gasteiger partial charge in [-0.15, -0.1) is 0 Å². The Morgan fingerprint density at radius 3 is 2.29 bits per heavy atom. The summed E-state index contributed by atoms with van der Waals surface area (Å²) < 4.78 is 39.3. The van der Waals surface area contributed by atoms with E-state index in [4.69, 9.17) is 14.0 Å². The van der Waals surface area contributed by atoms with Crippen molar-refractivity contribution in [3.05, 3.63) is 54.2 Å². The maximum atomic E-state index is 13.0. The summed E-state index contributed by atoms with van der Waals surface area (Å²) in [5.74, 6) is 1.49. The van der Waals surface area contributed by atoms with E-state index in [0.717, 1.165) is 11.8 Å². The molecule has 0 spiro atoms. The number of anilines is 1. The second-order valence-corrected chi connectivity index (χ2v) is 9.49. The largest absolute Gasteiger partial charge is 0.493 e. The number of sulfone groups is 1. The van der Waals surface area contributed by atoms with Crippen LogP contribution in [0.1, 0.15) is 18.5 Å². The van der Waals surface area contributed by atoms with Crippen molar-refractivity contribution in [1.82, 2.24) is 5.16 Å². The van der Waals surface area contributed by atoms with E-state index < -0.39 is 15.3 Å². The normalized spacial score (nSPS) is 14.7. The molecule has 1 fully saturated rings. The molecule has 0 radical (unpaired) electrons. The van der Waals surface area contributed by atoms with Crippen molar-refractivity contribution < 1.29 is 27.2 Å². The third-order valence-electron chi connectivity index (χ3n) is 5.39. The highest BCUT2D eigenvalue weighted by Gasteiger charge is 2.53. The predicted molar refractivity (Wildman–Crippen MR) is 114 cm³/mol. The molecule has 0 unspecified atom stereocenters. The number of nitrogens with zero attached hydrogens (tertiary/aromatic N) is 1. The van der Waals surface area contributed by atoms with Crippen LogP contribution in [-0.4, -0.2) is 40.0 Å². The van der Waals surface area contributed by atoms with E-state index in [-0.39, 0.29) is 10.8 Å². The number of hydrogen-bond acceptors (Lipinski definition) is 7. The molecule has 2 aromatic carbocycles. The first-order chi connectivity index (χ1) is 14.8. The first-order valence-corrected chi connectivity index (χ1v) is 11.5. The Bertz CT molecular complexity index is 1230. The Labute approximate surface area is 180 Å². The summed E-state index contributed by atoms with van der Waals surface area (Å²) >= 11 is 0. The average molecular weight is 442 g/mol. The standard InChI is InChI=1S/C22H22N2O6S/c1-28-17-9-4-14(12-19(17)29-2)18-13-20(24-30-18)22(10-11-22)21(25)23-15-5-7-16(8-6-15)31(3,26)27/h4-9,12-13H,10-11H2,1-3H3,(H,23,25). The van der Waals surface area contributed by atoms with E-state index in [9.17, 15) is 13.2 Å². The minimum absolute atomic E-state index is 0.197. The summed E-state index contributed by atoms with van der Waals surface area (Å²) in [4.78, 5) is 13.2. The molecular weight excluding hydrogens is 420 g/mol. The first kappa shape index (κ1) is 20.9. The van der Waals surface area contributed by atoms with Crippen LogP contribution >= 0.6 is 0 Å². The lowest BCUT2D eigenvalue weighted by molar-refractivity contribution is -0.118. The Balaban J connectivity index is 1.54. The van der Waals surface area contributed by atoms with Gasteiger partial charge in [-0.2, -0.15) is 0 Å². The molecule has 1 N–H and O–H groups in total. The topological polar surface area (TPSA) is 108 Å². The maximum absolute atomic E-state index is 13.0. The zero-order valence-corrected chi connectivity index (χ0v) is 18.2. The van der Waals surface area contributed by atoms with Gasteiger partial charge in [-0.25, -0.2) is 8.42 Å². The monoisotopic (exact) mass is 442 g/mol. The van der Waals surface area contributed by atoms with E-state index >= 15 is 0 Å². The van der Waals surface area contributed by atoms with E-state index in [2.05, 4.69) is 10.5 Å². The second kappa shape index (κ2) is 7.73. The molecule has 1 aliphatic rings. The van der Waals surface area contributed by atoms with Crippen LogP contribution in [0.4, 0.5) is 5.69 Å². The van der Waals surface area contributed by atoms with Gasteiger partial charge in [0.25, 0.3) is 0 Å². The fourth-order valence-corrected chi connectivity index (χ4v) is 4.02. The Morgan fingerprint density at radius 2 is 1.71 bits per heavy atom. The lowest BCUT2D eigenvalue weighted by atomic mass is 10.00. The van der Waals surface area contributed by atoms with Crippen molar-refractivity contribution in [3.8, 4) is 22.8 Å². The number of ether oxygens (including phenoxy) is 2. The molecule has 1 aromatic heterocycles. The van der Waals surface area contributed by atoms with E-state index in [1.165, 1.54) is 12.1 Å². The van der Waals surface area contributed by atoms with Crippen molar-refractivity contribution in [3.63, 3.8) is 0 Å². The molecule has 1 heterocycles. The number of rotatable bonds is 7. The number of amides is 1. The number of benzene rings is 2. The van der Waals surface area contributed by atoms with Gasteiger partial charge >= 0.3 is 0 Å². The molecule has 31 heavy (non-hydrogen) atoms. The van der Waals surface area contributed by atoms with Gasteiger partial charge in [-0.3, -0.25) is 4.79 Å². The van der Waals surface area contributed by atoms with Gasteiger partial charge in [-0.1, -0.05) is 5.16 Å². The number of nitrogens with one attached hydrogen (secondary N) is 1. The predicted octanol–water partition coefficient (Wildman–Crippen LogP) is 3.43. The van der Waals surface area contributed by atoms with Gasteiger partial charge < -0.3 is 19.3 Å². The van der Waals surface area contributed by atoms with E-state index in [1.807, 2.05) is 6.07 Å². The SMILES string of the molecule is COc1ccc(-c2cc(C3(C(=O)Nc4ccc(S(C)(=O)=O)cc4)CC3)no2)cc1OC. The molecule has 1 amide bonds. The van der Waals surface area contributed by atoms with Crippen LogP contribution in [0, 0.1) is 0 Å². The van der Waals surface area contributed by atoms with Gasteiger partial charge in [0.2, 0.25) is 5.91 Å². The molecule has 8 nitrogen and oxygen atoms in total. The van der Waals surface area contributed by atoms with Gasteiger partial charge in [0.05, 0.1) is 30.2 Å². The summed E-state index contributed by atoms with van der Waals surface area (Å²) in [6.45, 7) is 0. The van der Waals surface area contributed by atoms with E-state index in [0.29, 0.717) is 41.5 Å². The number of hydrogen-bond donors (Lipinski definition) is 1. The zero-order chi connectivity index (χ0) is 22.2. The van der Waals surface area contributed by atoms with Crippen molar-refractivity contribution >= 4 is 21.4 Å². The molecule has 1 aliphatic carbocycles. The van der Waals surface area contributed by atoms with Gasteiger partial charge in [0, 0.05) is 23.6 Å². The lowest BCUT2D eigenvalue weighted by Gasteiger charge is -2.12. The first-order valence-electron chi connectivity index (χ1n) is 9.58. The molecule has 0 bridgehead atoms. The van der Waals surface area contributed by atoms with Crippen LogP contribution in [0.25, 0.3) is 11.3 Å². The molecule has 9 heteroatoms. The summed E-state index contributed by atoms with van der Waals surface area (Å²) in [6, 6.07) is 13.2.